The highest BCUT2D eigenvalue weighted by molar-refractivity contribution is 5.73. The van der Waals surface area contributed by atoms with E-state index >= 15 is 0 Å². The van der Waals surface area contributed by atoms with E-state index in [0.717, 1.165) is 19.0 Å². The van der Waals surface area contributed by atoms with E-state index in [2.05, 4.69) is 10.2 Å². The van der Waals surface area contributed by atoms with Crippen molar-refractivity contribution in [1.82, 2.24) is 10.2 Å². The summed E-state index contributed by atoms with van der Waals surface area (Å²) in [6, 6.07) is 0. The molecule has 3 unspecified atom stereocenters. The molecule has 3 nitrogen and oxygen atoms in total. The first-order valence-electron chi connectivity index (χ1n) is 6.73. The number of piperidine rings is 1. The summed E-state index contributed by atoms with van der Waals surface area (Å²) >= 11 is 0. The van der Waals surface area contributed by atoms with Crippen LogP contribution in [0.25, 0.3) is 0 Å². The van der Waals surface area contributed by atoms with Gasteiger partial charge in [0.25, 0.3) is 0 Å². The normalized spacial score (nSPS) is 42.7. The number of nitrogens with one attached hydrogen (secondary N) is 1. The predicted molar refractivity (Wildman–Crippen MR) is 63.1 cm³/mol. The van der Waals surface area contributed by atoms with E-state index in [1.807, 2.05) is 0 Å². The van der Waals surface area contributed by atoms with Gasteiger partial charge in [-0.3, -0.25) is 4.79 Å². The molecule has 2 heterocycles. The van der Waals surface area contributed by atoms with Crippen LogP contribution in [-0.4, -0.2) is 36.0 Å². The molecule has 1 saturated carbocycles. The smallest absolute Gasteiger partial charge is 0.219 e. The Bertz CT molecular complexity index is 304. The molecule has 3 heteroatoms. The lowest BCUT2D eigenvalue weighted by Gasteiger charge is -2.53. The van der Waals surface area contributed by atoms with E-state index in [4.69, 9.17) is 0 Å². The molecule has 0 bridgehead atoms. The second-order valence-corrected chi connectivity index (χ2v) is 5.80. The fourth-order valence-electron chi connectivity index (χ4n) is 4.14. The van der Waals surface area contributed by atoms with Gasteiger partial charge in [0.1, 0.15) is 0 Å². The molecule has 90 valence electrons. The topological polar surface area (TPSA) is 32.3 Å². The fourth-order valence-corrected chi connectivity index (χ4v) is 4.14. The Morgan fingerprint density at radius 1 is 1.31 bits per heavy atom. The summed E-state index contributed by atoms with van der Waals surface area (Å²) in [5, 5.41) is 3.76. The van der Waals surface area contributed by atoms with Gasteiger partial charge >= 0.3 is 0 Å². The molecule has 0 radical (unpaired) electrons. The van der Waals surface area contributed by atoms with Gasteiger partial charge in [-0.05, 0) is 50.5 Å². The van der Waals surface area contributed by atoms with Crippen molar-refractivity contribution in [2.75, 3.05) is 19.6 Å². The zero-order valence-corrected chi connectivity index (χ0v) is 10.2. The lowest BCUT2D eigenvalue weighted by Crippen LogP contribution is -2.61. The van der Waals surface area contributed by atoms with Gasteiger partial charge in [0.05, 0.1) is 0 Å². The Hall–Kier alpha value is -0.570. The number of carbonyl (C=O) groups is 1. The molecule has 1 amide bonds. The van der Waals surface area contributed by atoms with Crippen LogP contribution in [0, 0.1) is 11.8 Å². The maximum Gasteiger partial charge on any atom is 0.219 e. The van der Waals surface area contributed by atoms with Crippen LogP contribution in [0.3, 0.4) is 0 Å². The third-order valence-corrected chi connectivity index (χ3v) is 5.18. The number of fused-ring (bicyclic) bond motifs is 1. The molecule has 1 N–H and O–H groups in total. The minimum Gasteiger partial charge on any atom is -0.343 e. The number of hydrogen-bond donors (Lipinski definition) is 1. The quantitative estimate of drug-likeness (QED) is 0.727. The van der Waals surface area contributed by atoms with Crippen molar-refractivity contribution in [3.63, 3.8) is 0 Å². The van der Waals surface area contributed by atoms with E-state index in [1.165, 1.54) is 38.6 Å². The standard InChI is InChI=1S/C13H22N2O/c1-10(16)15-8-2-3-12(9-15)13-6-4-11(13)5-7-14-13/h11-12,14H,2-9H2,1H3. The van der Waals surface area contributed by atoms with Crippen molar-refractivity contribution in [3.8, 4) is 0 Å². The van der Waals surface area contributed by atoms with Crippen LogP contribution in [0.4, 0.5) is 0 Å². The molecule has 3 rings (SSSR count). The maximum atomic E-state index is 11.5. The van der Waals surface area contributed by atoms with Crippen LogP contribution in [0.2, 0.25) is 0 Å². The summed E-state index contributed by atoms with van der Waals surface area (Å²) in [5.41, 5.74) is 0.425. The van der Waals surface area contributed by atoms with Gasteiger partial charge in [-0.15, -0.1) is 0 Å². The van der Waals surface area contributed by atoms with Crippen LogP contribution >= 0.6 is 0 Å². The summed E-state index contributed by atoms with van der Waals surface area (Å²) in [6.07, 6.45) is 6.61. The number of carbonyl (C=O) groups excluding carboxylic acids is 1. The average Bonchev–Trinajstić information content (AvgIpc) is 2.55. The molecule has 2 aliphatic heterocycles. The molecule has 3 aliphatic rings. The predicted octanol–water partition coefficient (Wildman–Crippen LogP) is 1.39. The lowest BCUT2D eigenvalue weighted by molar-refractivity contribution is -0.132. The molecule has 0 aromatic rings. The van der Waals surface area contributed by atoms with Gasteiger partial charge in [-0.25, -0.2) is 0 Å². The summed E-state index contributed by atoms with van der Waals surface area (Å²) < 4.78 is 0. The van der Waals surface area contributed by atoms with E-state index in [0.29, 0.717) is 11.5 Å². The number of rotatable bonds is 1. The Morgan fingerprint density at radius 3 is 2.81 bits per heavy atom. The van der Waals surface area contributed by atoms with Gasteiger partial charge in [-0.1, -0.05) is 0 Å². The van der Waals surface area contributed by atoms with Crippen LogP contribution in [-0.2, 0) is 4.79 Å². The van der Waals surface area contributed by atoms with E-state index in [1.54, 1.807) is 6.92 Å². The number of nitrogens with zero attached hydrogens (tertiary/aromatic N) is 1. The Labute approximate surface area is 97.6 Å². The average molecular weight is 222 g/mol. The fraction of sp³-hybridized carbons (Fsp3) is 0.923. The first kappa shape index (κ1) is 10.6. The molecule has 16 heavy (non-hydrogen) atoms. The summed E-state index contributed by atoms with van der Waals surface area (Å²) in [5.74, 6) is 1.88. The SMILES string of the molecule is CC(=O)N1CCCC(C23CCC2CCN3)C1. The van der Waals surface area contributed by atoms with Crippen molar-refractivity contribution in [3.05, 3.63) is 0 Å². The van der Waals surface area contributed by atoms with Gasteiger partial charge in [-0.2, -0.15) is 0 Å². The first-order valence-corrected chi connectivity index (χ1v) is 6.73. The molecular formula is C13H22N2O. The number of amides is 1. The molecule has 2 saturated heterocycles. The Morgan fingerprint density at radius 2 is 2.19 bits per heavy atom. The highest BCUT2D eigenvalue weighted by atomic mass is 16.2. The molecular weight excluding hydrogens is 200 g/mol. The second kappa shape index (κ2) is 3.73. The Kier molecular flexibility index (Phi) is 2.46. The zero-order valence-electron chi connectivity index (χ0n) is 10.2. The third-order valence-electron chi connectivity index (χ3n) is 5.18. The maximum absolute atomic E-state index is 11.5. The van der Waals surface area contributed by atoms with Crippen molar-refractivity contribution in [2.45, 2.75) is 44.6 Å². The van der Waals surface area contributed by atoms with Crippen molar-refractivity contribution in [1.29, 1.82) is 0 Å². The zero-order chi connectivity index (χ0) is 11.2. The van der Waals surface area contributed by atoms with Gasteiger partial charge < -0.3 is 10.2 Å². The van der Waals surface area contributed by atoms with Crippen LogP contribution in [0.15, 0.2) is 0 Å². The molecule has 0 spiro atoms. The molecule has 1 aliphatic carbocycles. The highest BCUT2D eigenvalue weighted by Gasteiger charge is 2.54. The highest BCUT2D eigenvalue weighted by Crippen LogP contribution is 2.51. The molecule has 0 aromatic carbocycles. The van der Waals surface area contributed by atoms with E-state index in [9.17, 15) is 4.79 Å². The van der Waals surface area contributed by atoms with Crippen LogP contribution < -0.4 is 5.32 Å². The van der Waals surface area contributed by atoms with Crippen LogP contribution in [0.1, 0.15) is 39.0 Å². The van der Waals surface area contributed by atoms with Crippen molar-refractivity contribution >= 4 is 5.91 Å². The molecule has 3 atom stereocenters. The number of likely N-dealkylation sites (tertiary alicyclic amines) is 1. The summed E-state index contributed by atoms with van der Waals surface area (Å²) in [4.78, 5) is 13.5. The minimum absolute atomic E-state index is 0.259. The van der Waals surface area contributed by atoms with Gasteiger partial charge in [0.15, 0.2) is 0 Å². The van der Waals surface area contributed by atoms with Gasteiger partial charge in [0, 0.05) is 25.6 Å². The first-order chi connectivity index (χ1) is 7.72. The second-order valence-electron chi connectivity index (χ2n) is 5.80. The van der Waals surface area contributed by atoms with Crippen molar-refractivity contribution in [2.24, 2.45) is 11.8 Å². The summed E-state index contributed by atoms with van der Waals surface area (Å²) in [7, 11) is 0. The van der Waals surface area contributed by atoms with E-state index < -0.39 is 0 Å². The van der Waals surface area contributed by atoms with Gasteiger partial charge in [0.2, 0.25) is 5.91 Å². The monoisotopic (exact) mass is 222 g/mol. The van der Waals surface area contributed by atoms with Crippen LogP contribution in [0.5, 0.6) is 0 Å². The largest absolute Gasteiger partial charge is 0.343 e. The number of hydrogen-bond acceptors (Lipinski definition) is 2. The molecule has 3 fully saturated rings. The minimum atomic E-state index is 0.259. The van der Waals surface area contributed by atoms with Crippen molar-refractivity contribution < 1.29 is 4.79 Å². The summed E-state index contributed by atoms with van der Waals surface area (Å²) in [6.45, 7) is 4.88. The Balaban J connectivity index is 1.72. The molecule has 0 aromatic heterocycles. The third kappa shape index (κ3) is 1.41. The lowest BCUT2D eigenvalue weighted by atomic mass is 9.59. The van der Waals surface area contributed by atoms with E-state index in [-0.39, 0.29) is 5.91 Å².